The molecule has 3 heterocycles. The fourth-order valence-electron chi connectivity index (χ4n) is 2.61. The third-order valence-electron chi connectivity index (χ3n) is 3.76. The van der Waals surface area contributed by atoms with Gasteiger partial charge in [0.1, 0.15) is 11.5 Å². The molecule has 0 radical (unpaired) electrons. The molecule has 0 atom stereocenters. The molecule has 0 aliphatic carbocycles. The van der Waals surface area contributed by atoms with Crippen molar-refractivity contribution in [1.29, 1.82) is 0 Å². The van der Waals surface area contributed by atoms with Crippen LogP contribution in [0.3, 0.4) is 0 Å². The molecule has 1 aliphatic heterocycles. The van der Waals surface area contributed by atoms with E-state index in [-0.39, 0.29) is 0 Å². The highest BCUT2D eigenvalue weighted by Gasteiger charge is 2.29. The number of nitrogens with zero attached hydrogens (tertiary/aromatic N) is 1. The summed E-state index contributed by atoms with van der Waals surface area (Å²) in [5, 5.41) is 4.94. The van der Waals surface area contributed by atoms with E-state index in [0.717, 1.165) is 33.4 Å². The van der Waals surface area contributed by atoms with Crippen molar-refractivity contribution in [1.82, 2.24) is 15.2 Å². The van der Waals surface area contributed by atoms with Gasteiger partial charge in [-0.05, 0) is 29.9 Å². The third kappa shape index (κ3) is 4.42. The second kappa shape index (κ2) is 7.75. The zero-order chi connectivity index (χ0) is 18.7. The van der Waals surface area contributed by atoms with E-state index in [1.54, 1.807) is 17.1 Å². The predicted octanol–water partition coefficient (Wildman–Crippen LogP) is 2.74. The normalized spacial score (nSPS) is 14.0. The molecule has 26 heavy (non-hydrogen) atoms. The SMILES string of the molecule is O=C(CNC(=O)c1c(-n2cccc2)sc2c1CCSC2)NCC(F)(F)F. The average molecular weight is 403 g/mol. The number of halogens is 3. The molecule has 2 N–H and O–H groups in total. The van der Waals surface area contributed by atoms with Crippen LogP contribution >= 0.6 is 23.1 Å². The monoisotopic (exact) mass is 403 g/mol. The lowest BCUT2D eigenvalue weighted by Gasteiger charge is -2.13. The molecule has 3 rings (SSSR count). The minimum absolute atomic E-state index is 0.444. The number of amides is 2. The zero-order valence-corrected chi connectivity index (χ0v) is 15.2. The highest BCUT2D eigenvalue weighted by atomic mass is 32.2. The van der Waals surface area contributed by atoms with Crippen molar-refractivity contribution in [3.8, 4) is 5.00 Å². The summed E-state index contributed by atoms with van der Waals surface area (Å²) in [6, 6.07) is 3.69. The Bertz CT molecular complexity index is 801. The molecule has 2 aromatic rings. The summed E-state index contributed by atoms with van der Waals surface area (Å²) in [7, 11) is 0. The summed E-state index contributed by atoms with van der Waals surface area (Å²) in [5.74, 6) is 0.410. The summed E-state index contributed by atoms with van der Waals surface area (Å²) < 4.78 is 38.2. The Morgan fingerprint density at radius 1 is 1.19 bits per heavy atom. The Hall–Kier alpha value is -1.94. The molecule has 2 aromatic heterocycles. The Morgan fingerprint density at radius 2 is 1.92 bits per heavy atom. The van der Waals surface area contributed by atoms with Crippen LogP contribution in [-0.4, -0.2) is 41.4 Å². The summed E-state index contributed by atoms with van der Waals surface area (Å²) in [4.78, 5) is 25.3. The molecular formula is C16H16F3N3O2S2. The van der Waals surface area contributed by atoms with E-state index in [2.05, 4.69) is 5.32 Å². The molecule has 2 amide bonds. The van der Waals surface area contributed by atoms with Crippen molar-refractivity contribution in [2.24, 2.45) is 0 Å². The first-order valence-corrected chi connectivity index (χ1v) is 9.79. The molecule has 0 spiro atoms. The first kappa shape index (κ1) is 18.8. The largest absolute Gasteiger partial charge is 0.405 e. The molecule has 0 fully saturated rings. The molecule has 0 saturated heterocycles. The van der Waals surface area contributed by atoms with Gasteiger partial charge in [-0.2, -0.15) is 24.9 Å². The summed E-state index contributed by atoms with van der Waals surface area (Å²) in [6.07, 6.45) is -0.0688. The quantitative estimate of drug-likeness (QED) is 0.807. The van der Waals surface area contributed by atoms with Gasteiger partial charge in [0.15, 0.2) is 0 Å². The van der Waals surface area contributed by atoms with Gasteiger partial charge in [0.05, 0.1) is 12.1 Å². The lowest BCUT2D eigenvalue weighted by molar-refractivity contribution is -0.137. The minimum Gasteiger partial charge on any atom is -0.345 e. The number of thioether (sulfide) groups is 1. The highest BCUT2D eigenvalue weighted by molar-refractivity contribution is 7.98. The number of carbonyl (C=O) groups excluding carboxylic acids is 2. The molecular weight excluding hydrogens is 387 g/mol. The van der Waals surface area contributed by atoms with Gasteiger partial charge in [-0.3, -0.25) is 9.59 Å². The van der Waals surface area contributed by atoms with Crippen molar-refractivity contribution >= 4 is 34.9 Å². The maximum Gasteiger partial charge on any atom is 0.405 e. The van der Waals surface area contributed by atoms with E-state index < -0.39 is 31.1 Å². The number of hydrogen-bond acceptors (Lipinski definition) is 4. The third-order valence-corrected chi connectivity index (χ3v) is 6.18. The predicted molar refractivity (Wildman–Crippen MR) is 94.9 cm³/mol. The van der Waals surface area contributed by atoms with Crippen molar-refractivity contribution in [2.75, 3.05) is 18.8 Å². The van der Waals surface area contributed by atoms with Crippen LogP contribution in [0.15, 0.2) is 24.5 Å². The van der Waals surface area contributed by atoms with Crippen molar-refractivity contribution in [3.63, 3.8) is 0 Å². The first-order chi connectivity index (χ1) is 12.3. The maximum atomic E-state index is 12.7. The van der Waals surface area contributed by atoms with Crippen LogP contribution < -0.4 is 10.6 Å². The highest BCUT2D eigenvalue weighted by Crippen LogP contribution is 2.38. The zero-order valence-electron chi connectivity index (χ0n) is 13.6. The van der Waals surface area contributed by atoms with Crippen LogP contribution in [-0.2, 0) is 17.0 Å². The van der Waals surface area contributed by atoms with Crippen LogP contribution in [0.5, 0.6) is 0 Å². The van der Waals surface area contributed by atoms with E-state index in [0.29, 0.717) is 5.56 Å². The van der Waals surface area contributed by atoms with Gasteiger partial charge in [-0.15, -0.1) is 11.3 Å². The number of thiophene rings is 1. The number of rotatable bonds is 5. The second-order valence-electron chi connectivity index (χ2n) is 5.65. The van der Waals surface area contributed by atoms with E-state index >= 15 is 0 Å². The lowest BCUT2D eigenvalue weighted by atomic mass is 10.1. The number of carbonyl (C=O) groups is 2. The van der Waals surface area contributed by atoms with E-state index in [1.807, 2.05) is 29.1 Å². The van der Waals surface area contributed by atoms with Crippen molar-refractivity contribution in [3.05, 3.63) is 40.5 Å². The van der Waals surface area contributed by atoms with Crippen LogP contribution in [0.1, 0.15) is 20.8 Å². The Kier molecular flexibility index (Phi) is 5.61. The van der Waals surface area contributed by atoms with E-state index in [9.17, 15) is 22.8 Å². The van der Waals surface area contributed by atoms with Gasteiger partial charge in [0.25, 0.3) is 5.91 Å². The number of hydrogen-bond donors (Lipinski definition) is 2. The van der Waals surface area contributed by atoms with Crippen molar-refractivity contribution < 1.29 is 22.8 Å². The molecule has 5 nitrogen and oxygen atoms in total. The van der Waals surface area contributed by atoms with Crippen LogP contribution in [0, 0.1) is 0 Å². The minimum atomic E-state index is -4.48. The number of nitrogens with one attached hydrogen (secondary N) is 2. The fourth-order valence-corrected chi connectivity index (χ4v) is 5.06. The summed E-state index contributed by atoms with van der Waals surface area (Å²) >= 11 is 3.32. The average Bonchev–Trinajstić information content (AvgIpc) is 3.24. The van der Waals surface area contributed by atoms with Gasteiger partial charge in [0, 0.05) is 23.0 Å². The number of alkyl halides is 3. The smallest absolute Gasteiger partial charge is 0.345 e. The van der Waals surface area contributed by atoms with Crippen LogP contribution in [0.4, 0.5) is 13.2 Å². The van der Waals surface area contributed by atoms with Crippen LogP contribution in [0.2, 0.25) is 0 Å². The Labute approximate surface area is 156 Å². The topological polar surface area (TPSA) is 63.1 Å². The van der Waals surface area contributed by atoms with Gasteiger partial charge < -0.3 is 15.2 Å². The van der Waals surface area contributed by atoms with Crippen LogP contribution in [0.25, 0.3) is 5.00 Å². The second-order valence-corrected chi connectivity index (χ2v) is 7.84. The van der Waals surface area contributed by atoms with Gasteiger partial charge in [-0.25, -0.2) is 0 Å². The molecule has 140 valence electrons. The molecule has 0 bridgehead atoms. The standard InChI is InChI=1S/C16H16F3N3O2S2/c17-16(18,19)9-21-12(23)7-20-14(24)13-10-3-6-25-8-11(10)26-15(13)22-4-1-2-5-22/h1-2,4-5H,3,6-9H2,(H,20,24)(H,21,23). The Balaban J connectivity index is 1.74. The van der Waals surface area contributed by atoms with Gasteiger partial charge in [-0.1, -0.05) is 0 Å². The molecule has 0 aromatic carbocycles. The number of fused-ring (bicyclic) bond motifs is 1. The van der Waals surface area contributed by atoms with Gasteiger partial charge in [0.2, 0.25) is 5.91 Å². The molecule has 0 saturated carbocycles. The maximum absolute atomic E-state index is 12.7. The molecule has 1 aliphatic rings. The van der Waals surface area contributed by atoms with Crippen molar-refractivity contribution in [2.45, 2.75) is 18.3 Å². The summed E-state index contributed by atoms with van der Waals surface area (Å²) in [5.41, 5.74) is 1.47. The molecule has 10 heteroatoms. The number of aromatic nitrogens is 1. The summed E-state index contributed by atoms with van der Waals surface area (Å²) in [6.45, 7) is -1.92. The lowest BCUT2D eigenvalue weighted by Crippen LogP contribution is -2.41. The Morgan fingerprint density at radius 3 is 2.62 bits per heavy atom. The fraction of sp³-hybridized carbons (Fsp3) is 0.375. The molecule has 0 unspecified atom stereocenters. The first-order valence-electron chi connectivity index (χ1n) is 7.82. The van der Waals surface area contributed by atoms with Gasteiger partial charge >= 0.3 is 6.18 Å². The van der Waals surface area contributed by atoms with E-state index in [1.165, 1.54) is 11.3 Å². The van der Waals surface area contributed by atoms with E-state index in [4.69, 9.17) is 0 Å².